The molecule has 0 unspecified atom stereocenters. The molecule has 0 spiro atoms. The zero-order chi connectivity index (χ0) is 19.0. The first-order chi connectivity index (χ1) is 13.0. The highest BCUT2D eigenvalue weighted by Gasteiger charge is 2.47. The van der Waals surface area contributed by atoms with Crippen molar-refractivity contribution in [2.45, 2.75) is 5.92 Å². The molecule has 8 nitrogen and oxygen atoms in total. The summed E-state index contributed by atoms with van der Waals surface area (Å²) < 4.78 is 32.6. The van der Waals surface area contributed by atoms with Crippen molar-refractivity contribution in [2.75, 3.05) is 20.2 Å². The second-order valence-electron chi connectivity index (χ2n) is 5.99. The second kappa shape index (κ2) is 6.38. The van der Waals surface area contributed by atoms with Gasteiger partial charge in [-0.3, -0.25) is 9.78 Å². The number of ether oxygens (including phenoxy) is 1. The van der Waals surface area contributed by atoms with Gasteiger partial charge in [-0.05, 0) is 24.3 Å². The van der Waals surface area contributed by atoms with E-state index in [9.17, 15) is 13.6 Å². The number of nitrogens with zero attached hydrogens (tertiary/aromatic N) is 6. The lowest BCUT2D eigenvalue weighted by molar-refractivity contribution is -0.113. The lowest BCUT2D eigenvalue weighted by atomic mass is 10.1. The Hall–Kier alpha value is -3.43. The zero-order valence-corrected chi connectivity index (χ0v) is 14.2. The van der Waals surface area contributed by atoms with E-state index in [1.54, 1.807) is 36.5 Å². The summed E-state index contributed by atoms with van der Waals surface area (Å²) in [6, 6.07) is 10.0. The minimum atomic E-state index is -2.84. The van der Waals surface area contributed by atoms with Gasteiger partial charge in [0.05, 0.1) is 31.6 Å². The number of carbonyl (C=O) groups is 1. The van der Waals surface area contributed by atoms with Crippen molar-refractivity contribution >= 4 is 5.91 Å². The fourth-order valence-electron chi connectivity index (χ4n) is 2.71. The molecule has 27 heavy (non-hydrogen) atoms. The van der Waals surface area contributed by atoms with Crippen LogP contribution in [-0.4, -0.2) is 61.9 Å². The summed E-state index contributed by atoms with van der Waals surface area (Å²) in [5.41, 5.74) is 1.07. The highest BCUT2D eigenvalue weighted by molar-refractivity contribution is 5.94. The van der Waals surface area contributed by atoms with Gasteiger partial charge in [0.25, 0.3) is 11.8 Å². The standard InChI is InChI=1S/C17H14F2N6O2/c1-27-15-6-5-14(21-22-15)25-13(11-4-2-3-7-20-11)8-12(23-25)16(26)24-9-17(18,19)10-24/h2-8H,9-10H2,1H3. The van der Waals surface area contributed by atoms with Crippen LogP contribution in [0.4, 0.5) is 8.78 Å². The predicted octanol–water partition coefficient (Wildman–Crippen LogP) is 1.82. The molecule has 1 fully saturated rings. The number of methoxy groups -OCH3 is 1. The summed E-state index contributed by atoms with van der Waals surface area (Å²) in [6.45, 7) is -1.22. The van der Waals surface area contributed by atoms with Gasteiger partial charge in [0.1, 0.15) is 0 Å². The first-order valence-electron chi connectivity index (χ1n) is 8.03. The third-order valence-corrected chi connectivity index (χ3v) is 4.04. The van der Waals surface area contributed by atoms with E-state index in [0.717, 1.165) is 4.90 Å². The molecule has 3 aromatic rings. The lowest BCUT2D eigenvalue weighted by Crippen LogP contribution is -2.58. The number of rotatable bonds is 4. The average molecular weight is 372 g/mol. The van der Waals surface area contributed by atoms with E-state index in [4.69, 9.17) is 4.74 Å². The van der Waals surface area contributed by atoms with Crippen molar-refractivity contribution in [3.05, 3.63) is 48.3 Å². The van der Waals surface area contributed by atoms with E-state index >= 15 is 0 Å². The fraction of sp³-hybridized carbons (Fsp3) is 0.235. The number of alkyl halides is 2. The highest BCUT2D eigenvalue weighted by atomic mass is 19.3. The maximum atomic E-state index is 13.1. The van der Waals surface area contributed by atoms with Gasteiger partial charge in [0, 0.05) is 12.3 Å². The van der Waals surface area contributed by atoms with Crippen molar-refractivity contribution in [1.29, 1.82) is 0 Å². The Bertz CT molecular complexity index is 967. The first kappa shape index (κ1) is 17.0. The average Bonchev–Trinajstić information content (AvgIpc) is 3.11. The summed E-state index contributed by atoms with van der Waals surface area (Å²) in [5.74, 6) is -2.75. The van der Waals surface area contributed by atoms with Crippen molar-refractivity contribution in [2.24, 2.45) is 0 Å². The number of carbonyl (C=O) groups excluding carboxylic acids is 1. The summed E-state index contributed by atoms with van der Waals surface area (Å²) in [5, 5.41) is 12.2. The third kappa shape index (κ3) is 3.21. The van der Waals surface area contributed by atoms with Crippen LogP contribution in [0.25, 0.3) is 17.2 Å². The number of amides is 1. The van der Waals surface area contributed by atoms with Crippen molar-refractivity contribution in [1.82, 2.24) is 29.9 Å². The Kier molecular flexibility index (Phi) is 4.02. The molecular formula is C17H14F2N6O2. The van der Waals surface area contributed by atoms with Crippen LogP contribution in [0, 0.1) is 0 Å². The molecule has 0 radical (unpaired) electrons. The van der Waals surface area contributed by atoms with Crippen molar-refractivity contribution in [3.63, 3.8) is 0 Å². The van der Waals surface area contributed by atoms with Gasteiger partial charge >= 0.3 is 0 Å². The fourth-order valence-corrected chi connectivity index (χ4v) is 2.71. The van der Waals surface area contributed by atoms with Gasteiger partial charge in [-0.2, -0.15) is 5.10 Å². The molecule has 138 valence electrons. The second-order valence-corrected chi connectivity index (χ2v) is 5.99. The van der Waals surface area contributed by atoms with Gasteiger partial charge < -0.3 is 9.64 Å². The van der Waals surface area contributed by atoms with E-state index in [1.807, 2.05) is 0 Å². The number of hydrogen-bond donors (Lipinski definition) is 0. The van der Waals surface area contributed by atoms with E-state index in [-0.39, 0.29) is 5.69 Å². The summed E-state index contributed by atoms with van der Waals surface area (Å²) in [7, 11) is 1.47. The van der Waals surface area contributed by atoms with Gasteiger partial charge in [-0.15, -0.1) is 10.2 Å². The topological polar surface area (TPSA) is 86.0 Å². The lowest BCUT2D eigenvalue weighted by Gasteiger charge is -2.38. The molecule has 1 saturated heterocycles. The van der Waals surface area contributed by atoms with Crippen LogP contribution in [0.3, 0.4) is 0 Å². The van der Waals surface area contributed by atoms with Crippen LogP contribution in [0.5, 0.6) is 5.88 Å². The molecule has 0 saturated carbocycles. The first-order valence-corrected chi connectivity index (χ1v) is 8.03. The SMILES string of the molecule is COc1ccc(-n2nc(C(=O)N3CC(F)(F)C3)cc2-c2ccccn2)nn1. The maximum Gasteiger partial charge on any atom is 0.282 e. The van der Waals surface area contributed by atoms with Crippen LogP contribution in [0.1, 0.15) is 10.5 Å². The van der Waals surface area contributed by atoms with Crippen LogP contribution >= 0.6 is 0 Å². The quantitative estimate of drug-likeness (QED) is 0.695. The third-order valence-electron chi connectivity index (χ3n) is 4.04. The van der Waals surface area contributed by atoms with Gasteiger partial charge in [0.2, 0.25) is 5.88 Å². The Morgan fingerprint density at radius 2 is 2.00 bits per heavy atom. The Morgan fingerprint density at radius 1 is 1.19 bits per heavy atom. The van der Waals surface area contributed by atoms with Gasteiger partial charge in [-0.1, -0.05) is 6.07 Å². The largest absolute Gasteiger partial charge is 0.480 e. The van der Waals surface area contributed by atoms with Crippen LogP contribution in [0.15, 0.2) is 42.6 Å². The monoisotopic (exact) mass is 372 g/mol. The summed E-state index contributed by atoms with van der Waals surface area (Å²) in [4.78, 5) is 17.8. The molecule has 1 aliphatic heterocycles. The number of halogens is 2. The normalized spacial score (nSPS) is 15.3. The molecule has 10 heteroatoms. The molecule has 0 atom stereocenters. The molecule has 0 N–H and O–H groups in total. The number of aromatic nitrogens is 5. The minimum absolute atomic E-state index is 0.0313. The van der Waals surface area contributed by atoms with Crippen molar-refractivity contribution in [3.8, 4) is 23.1 Å². The van der Waals surface area contributed by atoms with Crippen LogP contribution < -0.4 is 4.74 Å². The Labute approximate surface area is 152 Å². The Morgan fingerprint density at radius 3 is 2.59 bits per heavy atom. The smallest absolute Gasteiger partial charge is 0.282 e. The predicted molar refractivity (Wildman–Crippen MR) is 89.8 cm³/mol. The number of likely N-dealkylation sites (tertiary alicyclic amines) is 1. The van der Waals surface area contributed by atoms with E-state index < -0.39 is 24.9 Å². The summed E-state index contributed by atoms with van der Waals surface area (Å²) in [6.07, 6.45) is 1.60. The van der Waals surface area contributed by atoms with E-state index in [1.165, 1.54) is 17.9 Å². The van der Waals surface area contributed by atoms with E-state index in [2.05, 4.69) is 20.3 Å². The molecule has 1 amide bonds. The zero-order valence-electron chi connectivity index (χ0n) is 14.2. The molecule has 3 aromatic heterocycles. The molecular weight excluding hydrogens is 358 g/mol. The van der Waals surface area contributed by atoms with Crippen LogP contribution in [0.2, 0.25) is 0 Å². The number of hydrogen-bond acceptors (Lipinski definition) is 6. The van der Waals surface area contributed by atoms with Gasteiger partial charge in [-0.25, -0.2) is 13.5 Å². The van der Waals surface area contributed by atoms with Gasteiger partial charge in [0.15, 0.2) is 11.5 Å². The molecule has 0 aromatic carbocycles. The van der Waals surface area contributed by atoms with Crippen LogP contribution in [-0.2, 0) is 0 Å². The minimum Gasteiger partial charge on any atom is -0.480 e. The molecule has 1 aliphatic rings. The number of pyridine rings is 1. The van der Waals surface area contributed by atoms with Crippen molar-refractivity contribution < 1.29 is 18.3 Å². The molecule has 4 rings (SSSR count). The molecule has 0 aliphatic carbocycles. The molecule has 4 heterocycles. The molecule has 0 bridgehead atoms. The van der Waals surface area contributed by atoms with E-state index in [0.29, 0.717) is 23.1 Å². The maximum absolute atomic E-state index is 13.1. The highest BCUT2D eigenvalue weighted by Crippen LogP contribution is 2.29. The summed E-state index contributed by atoms with van der Waals surface area (Å²) >= 11 is 0. The Balaban J connectivity index is 1.74.